The van der Waals surface area contributed by atoms with Crippen molar-refractivity contribution in [3.05, 3.63) is 0 Å². The molecule has 0 bridgehead atoms. The first-order chi connectivity index (χ1) is 8.24. The van der Waals surface area contributed by atoms with E-state index in [0.29, 0.717) is 32.2 Å². The van der Waals surface area contributed by atoms with E-state index in [9.17, 15) is 9.59 Å². The SMILES string of the molecule is O=C(CCNC(=O)NC1CCOC1)NC1CC1. The Morgan fingerprint density at radius 3 is 2.59 bits per heavy atom. The van der Waals surface area contributed by atoms with Crippen LogP contribution in [-0.2, 0) is 9.53 Å². The first kappa shape index (κ1) is 12.2. The van der Waals surface area contributed by atoms with Crippen molar-refractivity contribution < 1.29 is 14.3 Å². The molecule has 0 aromatic carbocycles. The van der Waals surface area contributed by atoms with Crippen molar-refractivity contribution in [2.45, 2.75) is 37.8 Å². The molecule has 3 amide bonds. The van der Waals surface area contributed by atoms with Gasteiger partial charge in [-0.05, 0) is 19.3 Å². The molecular weight excluding hydrogens is 222 g/mol. The largest absolute Gasteiger partial charge is 0.379 e. The van der Waals surface area contributed by atoms with E-state index >= 15 is 0 Å². The van der Waals surface area contributed by atoms with Gasteiger partial charge >= 0.3 is 6.03 Å². The van der Waals surface area contributed by atoms with Gasteiger partial charge in [0.05, 0.1) is 12.6 Å². The van der Waals surface area contributed by atoms with Crippen molar-refractivity contribution >= 4 is 11.9 Å². The molecule has 6 heteroatoms. The van der Waals surface area contributed by atoms with Gasteiger partial charge in [0.15, 0.2) is 0 Å². The van der Waals surface area contributed by atoms with Crippen LogP contribution in [0.25, 0.3) is 0 Å². The van der Waals surface area contributed by atoms with Gasteiger partial charge in [-0.3, -0.25) is 4.79 Å². The highest BCUT2D eigenvalue weighted by molar-refractivity contribution is 5.78. The second kappa shape index (κ2) is 5.86. The zero-order valence-electron chi connectivity index (χ0n) is 9.83. The van der Waals surface area contributed by atoms with Gasteiger partial charge in [-0.25, -0.2) is 4.79 Å². The summed E-state index contributed by atoms with van der Waals surface area (Å²) in [5.41, 5.74) is 0. The molecule has 2 fully saturated rings. The third-order valence-electron chi connectivity index (χ3n) is 2.84. The number of nitrogens with one attached hydrogen (secondary N) is 3. The second-order valence-electron chi connectivity index (χ2n) is 4.55. The fourth-order valence-electron chi connectivity index (χ4n) is 1.70. The quantitative estimate of drug-likeness (QED) is 0.620. The van der Waals surface area contributed by atoms with Gasteiger partial charge in [-0.1, -0.05) is 0 Å². The summed E-state index contributed by atoms with van der Waals surface area (Å²) in [6.45, 7) is 1.66. The number of hydrogen-bond donors (Lipinski definition) is 3. The van der Waals surface area contributed by atoms with Gasteiger partial charge in [0, 0.05) is 25.6 Å². The van der Waals surface area contributed by atoms with Gasteiger partial charge in [0.2, 0.25) is 5.91 Å². The van der Waals surface area contributed by atoms with Crippen molar-refractivity contribution in [1.29, 1.82) is 0 Å². The molecule has 0 aromatic rings. The fourth-order valence-corrected chi connectivity index (χ4v) is 1.70. The Balaban J connectivity index is 1.51. The number of amides is 3. The van der Waals surface area contributed by atoms with E-state index < -0.39 is 0 Å². The Hall–Kier alpha value is -1.30. The monoisotopic (exact) mass is 241 g/mol. The van der Waals surface area contributed by atoms with E-state index in [4.69, 9.17) is 4.74 Å². The average Bonchev–Trinajstić information content (AvgIpc) is 2.93. The average molecular weight is 241 g/mol. The van der Waals surface area contributed by atoms with Crippen LogP contribution in [0.4, 0.5) is 4.79 Å². The summed E-state index contributed by atoms with van der Waals surface area (Å²) in [5, 5.41) is 8.34. The van der Waals surface area contributed by atoms with E-state index in [1.54, 1.807) is 0 Å². The zero-order valence-corrected chi connectivity index (χ0v) is 9.83. The molecule has 1 saturated carbocycles. The summed E-state index contributed by atoms with van der Waals surface area (Å²) in [5.74, 6) is 0.0111. The third kappa shape index (κ3) is 4.60. The van der Waals surface area contributed by atoms with Crippen LogP contribution >= 0.6 is 0 Å². The summed E-state index contributed by atoms with van der Waals surface area (Å²) in [4.78, 5) is 22.7. The molecule has 1 saturated heterocycles. The molecule has 96 valence electrons. The number of hydrogen-bond acceptors (Lipinski definition) is 3. The number of ether oxygens (including phenoxy) is 1. The molecule has 6 nitrogen and oxygen atoms in total. The second-order valence-corrected chi connectivity index (χ2v) is 4.55. The molecule has 1 atom stereocenters. The number of urea groups is 1. The highest BCUT2D eigenvalue weighted by Gasteiger charge is 2.23. The predicted molar refractivity (Wildman–Crippen MR) is 61.5 cm³/mol. The highest BCUT2D eigenvalue weighted by Crippen LogP contribution is 2.18. The fraction of sp³-hybridized carbons (Fsp3) is 0.818. The van der Waals surface area contributed by atoms with Crippen molar-refractivity contribution in [2.24, 2.45) is 0 Å². The Bertz CT molecular complexity index is 286. The minimum atomic E-state index is -0.222. The predicted octanol–water partition coefficient (Wildman–Crippen LogP) is -0.257. The number of carbonyl (C=O) groups is 2. The summed E-state index contributed by atoms with van der Waals surface area (Å²) >= 11 is 0. The Labute approximate surface area is 100 Å². The maximum absolute atomic E-state index is 11.4. The molecule has 0 aromatic heterocycles. The first-order valence-electron chi connectivity index (χ1n) is 6.15. The van der Waals surface area contributed by atoms with Crippen LogP contribution in [-0.4, -0.2) is 43.8 Å². The van der Waals surface area contributed by atoms with Crippen LogP contribution in [0.1, 0.15) is 25.7 Å². The minimum Gasteiger partial charge on any atom is -0.379 e. The molecule has 0 radical (unpaired) electrons. The van der Waals surface area contributed by atoms with Crippen LogP contribution in [0, 0.1) is 0 Å². The molecule has 0 spiro atoms. The Morgan fingerprint density at radius 2 is 1.94 bits per heavy atom. The standard InChI is InChI=1S/C11H19N3O3/c15-10(13-8-1-2-8)3-5-12-11(16)14-9-4-6-17-7-9/h8-9H,1-7H2,(H,13,15)(H2,12,14,16). The molecule has 3 N–H and O–H groups in total. The molecule has 1 aliphatic carbocycles. The van der Waals surface area contributed by atoms with Crippen LogP contribution in [0.2, 0.25) is 0 Å². The lowest BCUT2D eigenvalue weighted by Gasteiger charge is -2.11. The zero-order chi connectivity index (χ0) is 12.1. The van der Waals surface area contributed by atoms with Crippen LogP contribution in [0.3, 0.4) is 0 Å². The summed E-state index contributed by atoms with van der Waals surface area (Å²) in [6, 6.07) is 0.266. The maximum atomic E-state index is 11.4. The summed E-state index contributed by atoms with van der Waals surface area (Å²) < 4.78 is 5.14. The molecular formula is C11H19N3O3. The lowest BCUT2D eigenvalue weighted by molar-refractivity contribution is -0.121. The van der Waals surface area contributed by atoms with Crippen molar-refractivity contribution in [2.75, 3.05) is 19.8 Å². The normalized spacial score (nSPS) is 23.2. The molecule has 1 unspecified atom stereocenters. The van der Waals surface area contributed by atoms with Crippen LogP contribution < -0.4 is 16.0 Å². The topological polar surface area (TPSA) is 79.5 Å². The van der Waals surface area contributed by atoms with Crippen molar-refractivity contribution in [3.8, 4) is 0 Å². The van der Waals surface area contributed by atoms with Crippen LogP contribution in [0.5, 0.6) is 0 Å². The number of carbonyl (C=O) groups excluding carboxylic acids is 2. The van der Waals surface area contributed by atoms with Crippen LogP contribution in [0.15, 0.2) is 0 Å². The Kier molecular flexibility index (Phi) is 4.19. The lowest BCUT2D eigenvalue weighted by atomic mass is 10.3. The minimum absolute atomic E-state index is 0.0111. The smallest absolute Gasteiger partial charge is 0.315 e. The van der Waals surface area contributed by atoms with Crippen molar-refractivity contribution in [3.63, 3.8) is 0 Å². The molecule has 2 rings (SSSR count). The molecule has 2 aliphatic rings. The number of rotatable bonds is 5. The van der Waals surface area contributed by atoms with Gasteiger partial charge in [0.25, 0.3) is 0 Å². The van der Waals surface area contributed by atoms with E-state index in [1.807, 2.05) is 0 Å². The maximum Gasteiger partial charge on any atom is 0.315 e. The third-order valence-corrected chi connectivity index (χ3v) is 2.84. The van der Waals surface area contributed by atoms with E-state index in [0.717, 1.165) is 19.3 Å². The Morgan fingerprint density at radius 1 is 1.12 bits per heavy atom. The van der Waals surface area contributed by atoms with Gasteiger partial charge in [-0.2, -0.15) is 0 Å². The van der Waals surface area contributed by atoms with Gasteiger partial charge < -0.3 is 20.7 Å². The van der Waals surface area contributed by atoms with E-state index in [2.05, 4.69) is 16.0 Å². The van der Waals surface area contributed by atoms with Crippen molar-refractivity contribution in [1.82, 2.24) is 16.0 Å². The summed E-state index contributed by atoms with van der Waals surface area (Å²) in [7, 11) is 0. The molecule has 1 aliphatic heterocycles. The van der Waals surface area contributed by atoms with E-state index in [1.165, 1.54) is 0 Å². The molecule has 17 heavy (non-hydrogen) atoms. The van der Waals surface area contributed by atoms with Gasteiger partial charge in [-0.15, -0.1) is 0 Å². The lowest BCUT2D eigenvalue weighted by Crippen LogP contribution is -2.43. The highest BCUT2D eigenvalue weighted by atomic mass is 16.5. The summed E-state index contributed by atoms with van der Waals surface area (Å²) in [6.07, 6.45) is 3.36. The molecule has 1 heterocycles. The van der Waals surface area contributed by atoms with E-state index in [-0.39, 0.29) is 18.0 Å². The first-order valence-corrected chi connectivity index (χ1v) is 6.15. The van der Waals surface area contributed by atoms with Gasteiger partial charge in [0.1, 0.15) is 0 Å².